The molecule has 0 amide bonds. The molecule has 2 aromatic rings. The van der Waals surface area contributed by atoms with E-state index in [1.807, 2.05) is 24.3 Å². The minimum absolute atomic E-state index is 0.0439. The van der Waals surface area contributed by atoms with E-state index in [0.717, 1.165) is 47.2 Å². The number of ether oxygens (including phenoxy) is 3. The first-order chi connectivity index (χ1) is 12.6. The summed E-state index contributed by atoms with van der Waals surface area (Å²) in [4.78, 5) is 0. The predicted molar refractivity (Wildman–Crippen MR) is 113 cm³/mol. The van der Waals surface area contributed by atoms with Crippen molar-refractivity contribution in [2.75, 3.05) is 13.7 Å². The zero-order valence-corrected chi connectivity index (χ0v) is 18.1. The lowest BCUT2D eigenvalue weighted by Crippen LogP contribution is -2.17. The van der Waals surface area contributed by atoms with Crippen LogP contribution in [-0.4, -0.2) is 13.7 Å². The van der Waals surface area contributed by atoms with Crippen LogP contribution < -0.4 is 14.2 Å². The van der Waals surface area contributed by atoms with Crippen molar-refractivity contribution in [3.8, 4) is 23.0 Å². The lowest BCUT2D eigenvalue weighted by Gasteiger charge is -2.28. The van der Waals surface area contributed by atoms with Gasteiger partial charge in [-0.3, -0.25) is 0 Å². The van der Waals surface area contributed by atoms with Crippen LogP contribution in [0.4, 0.5) is 0 Å². The molecule has 0 saturated carbocycles. The summed E-state index contributed by atoms with van der Waals surface area (Å²) in [5, 5.41) is 0. The number of methoxy groups -OCH3 is 1. The zero-order chi connectivity index (χ0) is 20.2. The minimum Gasteiger partial charge on any atom is -0.496 e. The van der Waals surface area contributed by atoms with Gasteiger partial charge in [0.2, 0.25) is 0 Å². The highest BCUT2D eigenvalue weighted by Crippen LogP contribution is 2.42. The second kappa shape index (κ2) is 8.24. The Morgan fingerprint density at radius 1 is 0.741 bits per heavy atom. The van der Waals surface area contributed by atoms with Gasteiger partial charge in [-0.2, -0.15) is 0 Å². The van der Waals surface area contributed by atoms with Gasteiger partial charge in [0.05, 0.1) is 13.7 Å². The van der Waals surface area contributed by atoms with Gasteiger partial charge in [0.1, 0.15) is 23.0 Å². The molecule has 3 heteroatoms. The van der Waals surface area contributed by atoms with E-state index in [1.54, 1.807) is 7.11 Å². The Morgan fingerprint density at radius 2 is 1.22 bits per heavy atom. The third-order valence-electron chi connectivity index (χ3n) is 4.44. The monoisotopic (exact) mass is 370 g/mol. The Bertz CT molecular complexity index is 747. The zero-order valence-electron chi connectivity index (χ0n) is 18.1. The van der Waals surface area contributed by atoms with Crippen LogP contribution in [0.15, 0.2) is 36.4 Å². The second-order valence-corrected chi connectivity index (χ2v) is 8.97. The molecule has 0 spiro atoms. The van der Waals surface area contributed by atoms with Crippen molar-refractivity contribution in [2.45, 2.75) is 65.7 Å². The molecule has 0 aromatic heterocycles. The largest absolute Gasteiger partial charge is 0.496 e. The summed E-state index contributed by atoms with van der Waals surface area (Å²) < 4.78 is 17.7. The number of rotatable bonds is 6. The van der Waals surface area contributed by atoms with Gasteiger partial charge in [-0.1, -0.05) is 48.5 Å². The average molecular weight is 371 g/mol. The summed E-state index contributed by atoms with van der Waals surface area (Å²) >= 11 is 0. The highest BCUT2D eigenvalue weighted by atomic mass is 16.5. The molecule has 0 bridgehead atoms. The fourth-order valence-corrected chi connectivity index (χ4v) is 2.94. The van der Waals surface area contributed by atoms with Crippen LogP contribution in [-0.2, 0) is 10.8 Å². The first-order valence-electron chi connectivity index (χ1n) is 9.70. The Kier molecular flexibility index (Phi) is 6.46. The average Bonchev–Trinajstić information content (AvgIpc) is 2.59. The van der Waals surface area contributed by atoms with Crippen molar-refractivity contribution in [3.05, 3.63) is 47.5 Å². The molecular formula is C24H34O3. The second-order valence-electron chi connectivity index (χ2n) is 8.97. The van der Waals surface area contributed by atoms with E-state index < -0.39 is 0 Å². The number of benzene rings is 2. The van der Waals surface area contributed by atoms with E-state index in [1.165, 1.54) is 0 Å². The SMILES string of the molecule is CCCOc1ccc(Oc2cc(C(C)(C)C)c(OC)cc2C(C)(C)C)cc1. The molecule has 0 N–H and O–H groups in total. The summed E-state index contributed by atoms with van der Waals surface area (Å²) in [6.07, 6.45) is 0.995. The van der Waals surface area contributed by atoms with Gasteiger partial charge in [0.25, 0.3) is 0 Å². The molecule has 3 nitrogen and oxygen atoms in total. The molecule has 0 aliphatic rings. The lowest BCUT2D eigenvalue weighted by atomic mass is 9.81. The van der Waals surface area contributed by atoms with Crippen LogP contribution in [0.25, 0.3) is 0 Å². The Balaban J connectivity index is 2.44. The normalized spacial score (nSPS) is 12.0. The summed E-state index contributed by atoms with van der Waals surface area (Å²) in [5.41, 5.74) is 2.15. The van der Waals surface area contributed by atoms with E-state index >= 15 is 0 Å². The van der Waals surface area contributed by atoms with Gasteiger partial charge in [0, 0.05) is 11.1 Å². The van der Waals surface area contributed by atoms with Gasteiger partial charge >= 0.3 is 0 Å². The Morgan fingerprint density at radius 3 is 1.70 bits per heavy atom. The van der Waals surface area contributed by atoms with Crippen molar-refractivity contribution in [1.82, 2.24) is 0 Å². The summed E-state index contributed by atoms with van der Waals surface area (Å²) in [6, 6.07) is 12.1. The van der Waals surface area contributed by atoms with Gasteiger partial charge in [-0.05, 0) is 53.6 Å². The molecule has 2 aromatic carbocycles. The van der Waals surface area contributed by atoms with Crippen LogP contribution in [0.2, 0.25) is 0 Å². The number of hydrogen-bond donors (Lipinski definition) is 0. The molecule has 0 saturated heterocycles. The molecular weight excluding hydrogens is 336 g/mol. The minimum atomic E-state index is -0.0663. The van der Waals surface area contributed by atoms with Gasteiger partial charge in [-0.15, -0.1) is 0 Å². The molecule has 0 aliphatic heterocycles. The van der Waals surface area contributed by atoms with Crippen molar-refractivity contribution in [3.63, 3.8) is 0 Å². The van der Waals surface area contributed by atoms with E-state index in [-0.39, 0.29) is 10.8 Å². The summed E-state index contributed by atoms with van der Waals surface area (Å²) in [5.74, 6) is 3.44. The molecule has 2 rings (SSSR count). The van der Waals surface area contributed by atoms with Crippen LogP contribution >= 0.6 is 0 Å². The standard InChI is InChI=1S/C24H34O3/c1-9-14-26-17-10-12-18(13-11-17)27-22-16-19(23(2,3)4)21(25-8)15-20(22)24(5,6)7/h10-13,15-16H,9,14H2,1-8H3. The molecule has 0 aliphatic carbocycles. The van der Waals surface area contributed by atoms with Crippen molar-refractivity contribution < 1.29 is 14.2 Å². The first-order valence-corrected chi connectivity index (χ1v) is 9.70. The third kappa shape index (κ3) is 5.41. The molecule has 0 atom stereocenters. The van der Waals surface area contributed by atoms with Gasteiger partial charge < -0.3 is 14.2 Å². The van der Waals surface area contributed by atoms with Crippen LogP contribution in [0.1, 0.15) is 66.0 Å². The maximum Gasteiger partial charge on any atom is 0.131 e. The molecule has 27 heavy (non-hydrogen) atoms. The maximum absolute atomic E-state index is 6.32. The predicted octanol–water partition coefficient (Wildman–Crippen LogP) is 6.87. The molecule has 0 fully saturated rings. The van der Waals surface area contributed by atoms with Gasteiger partial charge in [-0.25, -0.2) is 0 Å². The maximum atomic E-state index is 6.32. The van der Waals surface area contributed by atoms with E-state index in [4.69, 9.17) is 14.2 Å². The van der Waals surface area contributed by atoms with Crippen LogP contribution in [0.5, 0.6) is 23.0 Å². The lowest BCUT2D eigenvalue weighted by molar-refractivity contribution is 0.317. The fourth-order valence-electron chi connectivity index (χ4n) is 2.94. The smallest absolute Gasteiger partial charge is 0.131 e. The van der Waals surface area contributed by atoms with E-state index in [0.29, 0.717) is 0 Å². The highest BCUT2D eigenvalue weighted by Gasteiger charge is 2.26. The summed E-state index contributed by atoms with van der Waals surface area (Å²) in [6.45, 7) is 15.9. The fraction of sp³-hybridized carbons (Fsp3) is 0.500. The van der Waals surface area contributed by atoms with E-state index in [2.05, 4.69) is 60.6 Å². The van der Waals surface area contributed by atoms with Crippen LogP contribution in [0.3, 0.4) is 0 Å². The Labute approximate surface area is 164 Å². The summed E-state index contributed by atoms with van der Waals surface area (Å²) in [7, 11) is 1.73. The van der Waals surface area contributed by atoms with Crippen molar-refractivity contribution in [2.24, 2.45) is 0 Å². The molecule has 0 radical (unpaired) electrons. The van der Waals surface area contributed by atoms with E-state index in [9.17, 15) is 0 Å². The first kappa shape index (κ1) is 21.1. The quantitative estimate of drug-likeness (QED) is 0.555. The van der Waals surface area contributed by atoms with Crippen LogP contribution in [0, 0.1) is 0 Å². The van der Waals surface area contributed by atoms with Crippen molar-refractivity contribution in [1.29, 1.82) is 0 Å². The number of hydrogen-bond acceptors (Lipinski definition) is 3. The molecule has 0 heterocycles. The molecule has 0 unspecified atom stereocenters. The van der Waals surface area contributed by atoms with Gasteiger partial charge in [0.15, 0.2) is 0 Å². The topological polar surface area (TPSA) is 27.7 Å². The molecule has 148 valence electrons. The Hall–Kier alpha value is -2.16. The third-order valence-corrected chi connectivity index (χ3v) is 4.44. The van der Waals surface area contributed by atoms with Crippen molar-refractivity contribution >= 4 is 0 Å². The highest BCUT2D eigenvalue weighted by molar-refractivity contribution is 5.53.